The molecule has 2 atom stereocenters. The van der Waals surface area contributed by atoms with Crippen LogP contribution in [0, 0.1) is 13.8 Å². The SMILES string of the molecule is CCC(Oc1ccc(C)c(C)c1)C(=O)NC(C)CCc1ccccc1. The van der Waals surface area contributed by atoms with E-state index >= 15 is 0 Å². The molecule has 1 N–H and O–H groups in total. The lowest BCUT2D eigenvalue weighted by Crippen LogP contribution is -2.42. The van der Waals surface area contributed by atoms with Crippen molar-refractivity contribution in [3.8, 4) is 5.75 Å². The van der Waals surface area contributed by atoms with Gasteiger partial charge in [-0.15, -0.1) is 0 Å². The second kappa shape index (κ2) is 9.26. The standard InChI is InChI=1S/C22H29NO2/c1-5-21(25-20-14-11-16(2)17(3)15-20)22(24)23-18(4)12-13-19-9-7-6-8-10-19/h6-11,14-15,18,21H,5,12-13H2,1-4H3,(H,23,24). The smallest absolute Gasteiger partial charge is 0.261 e. The Morgan fingerprint density at radius 3 is 2.44 bits per heavy atom. The summed E-state index contributed by atoms with van der Waals surface area (Å²) in [6.45, 7) is 8.13. The first-order valence-electron chi connectivity index (χ1n) is 9.07. The summed E-state index contributed by atoms with van der Waals surface area (Å²) in [5.74, 6) is 0.711. The minimum absolute atomic E-state index is 0.0405. The van der Waals surface area contributed by atoms with Crippen molar-refractivity contribution < 1.29 is 9.53 Å². The topological polar surface area (TPSA) is 38.3 Å². The first kappa shape index (κ1) is 19.0. The summed E-state index contributed by atoms with van der Waals surface area (Å²) in [5.41, 5.74) is 3.69. The van der Waals surface area contributed by atoms with E-state index in [-0.39, 0.29) is 11.9 Å². The Morgan fingerprint density at radius 1 is 1.08 bits per heavy atom. The number of nitrogens with one attached hydrogen (secondary N) is 1. The van der Waals surface area contributed by atoms with E-state index in [1.807, 2.05) is 50.2 Å². The van der Waals surface area contributed by atoms with E-state index in [9.17, 15) is 4.79 Å². The van der Waals surface area contributed by atoms with E-state index in [1.165, 1.54) is 16.7 Å². The Morgan fingerprint density at radius 2 is 1.80 bits per heavy atom. The summed E-state index contributed by atoms with van der Waals surface area (Å²) in [7, 11) is 0. The average molecular weight is 339 g/mol. The molecular weight excluding hydrogens is 310 g/mol. The molecule has 0 heterocycles. The third-order valence-electron chi connectivity index (χ3n) is 4.52. The Bertz CT molecular complexity index is 682. The van der Waals surface area contributed by atoms with Crippen molar-refractivity contribution in [3.05, 3.63) is 65.2 Å². The van der Waals surface area contributed by atoms with Gasteiger partial charge >= 0.3 is 0 Å². The molecule has 2 aromatic carbocycles. The van der Waals surface area contributed by atoms with Gasteiger partial charge in [0.05, 0.1) is 0 Å². The maximum absolute atomic E-state index is 12.5. The van der Waals surface area contributed by atoms with Crippen molar-refractivity contribution in [3.63, 3.8) is 0 Å². The largest absolute Gasteiger partial charge is 0.481 e. The van der Waals surface area contributed by atoms with Crippen LogP contribution in [0.4, 0.5) is 0 Å². The van der Waals surface area contributed by atoms with E-state index in [0.717, 1.165) is 18.6 Å². The maximum atomic E-state index is 12.5. The zero-order valence-electron chi connectivity index (χ0n) is 15.7. The molecule has 0 radical (unpaired) electrons. The van der Waals surface area contributed by atoms with Crippen LogP contribution in [0.1, 0.15) is 43.4 Å². The first-order chi connectivity index (χ1) is 12.0. The van der Waals surface area contributed by atoms with Gasteiger partial charge < -0.3 is 10.1 Å². The average Bonchev–Trinajstić information content (AvgIpc) is 2.61. The lowest BCUT2D eigenvalue weighted by Gasteiger charge is -2.21. The second-order valence-corrected chi connectivity index (χ2v) is 6.69. The van der Waals surface area contributed by atoms with E-state index in [4.69, 9.17) is 4.74 Å². The summed E-state index contributed by atoms with van der Waals surface area (Å²) < 4.78 is 5.91. The van der Waals surface area contributed by atoms with Gasteiger partial charge in [-0.25, -0.2) is 0 Å². The number of rotatable bonds is 8. The van der Waals surface area contributed by atoms with Crippen LogP contribution in [0.3, 0.4) is 0 Å². The number of hydrogen-bond acceptors (Lipinski definition) is 2. The molecule has 2 aromatic rings. The summed E-state index contributed by atoms with van der Waals surface area (Å²) in [4.78, 5) is 12.5. The Kier molecular flexibility index (Phi) is 7.05. The van der Waals surface area contributed by atoms with E-state index in [0.29, 0.717) is 6.42 Å². The number of carbonyl (C=O) groups excluding carboxylic acids is 1. The van der Waals surface area contributed by atoms with Crippen molar-refractivity contribution in [1.82, 2.24) is 5.32 Å². The zero-order valence-corrected chi connectivity index (χ0v) is 15.7. The molecular formula is C22H29NO2. The normalized spacial score (nSPS) is 13.1. The van der Waals surface area contributed by atoms with Gasteiger partial charge in [-0.3, -0.25) is 4.79 Å². The highest BCUT2D eigenvalue weighted by molar-refractivity contribution is 5.81. The van der Waals surface area contributed by atoms with Crippen LogP contribution in [0.5, 0.6) is 5.75 Å². The molecule has 1 amide bonds. The van der Waals surface area contributed by atoms with Crippen molar-refractivity contribution in [2.24, 2.45) is 0 Å². The molecule has 2 unspecified atom stereocenters. The fourth-order valence-electron chi connectivity index (χ4n) is 2.71. The Labute approximate surface area is 151 Å². The van der Waals surface area contributed by atoms with Crippen LogP contribution >= 0.6 is 0 Å². The molecule has 0 aliphatic rings. The van der Waals surface area contributed by atoms with Gasteiger partial charge in [-0.1, -0.05) is 43.3 Å². The summed E-state index contributed by atoms with van der Waals surface area (Å²) in [6, 6.07) is 16.4. The lowest BCUT2D eigenvalue weighted by atomic mass is 10.1. The van der Waals surface area contributed by atoms with Gasteiger partial charge in [-0.2, -0.15) is 0 Å². The van der Waals surface area contributed by atoms with Crippen LogP contribution in [-0.2, 0) is 11.2 Å². The maximum Gasteiger partial charge on any atom is 0.261 e. The molecule has 3 nitrogen and oxygen atoms in total. The van der Waals surface area contributed by atoms with E-state index in [2.05, 4.69) is 31.3 Å². The molecule has 0 bridgehead atoms. The number of aryl methyl sites for hydroxylation is 3. The predicted octanol–water partition coefficient (Wildman–Crippen LogP) is 4.60. The highest BCUT2D eigenvalue weighted by Crippen LogP contribution is 2.18. The van der Waals surface area contributed by atoms with Gasteiger partial charge in [0.1, 0.15) is 5.75 Å². The molecule has 0 saturated heterocycles. The number of carbonyl (C=O) groups is 1. The minimum atomic E-state index is -0.457. The number of benzene rings is 2. The quantitative estimate of drug-likeness (QED) is 0.763. The van der Waals surface area contributed by atoms with Gasteiger partial charge in [0, 0.05) is 6.04 Å². The molecule has 3 heteroatoms. The van der Waals surface area contributed by atoms with E-state index < -0.39 is 6.10 Å². The zero-order chi connectivity index (χ0) is 18.2. The highest BCUT2D eigenvalue weighted by atomic mass is 16.5. The molecule has 0 saturated carbocycles. The molecule has 0 aromatic heterocycles. The van der Waals surface area contributed by atoms with Crippen LogP contribution in [0.2, 0.25) is 0 Å². The van der Waals surface area contributed by atoms with Crippen LogP contribution < -0.4 is 10.1 Å². The van der Waals surface area contributed by atoms with Crippen molar-refractivity contribution >= 4 is 5.91 Å². The third kappa shape index (κ3) is 5.93. The number of hydrogen-bond donors (Lipinski definition) is 1. The fraction of sp³-hybridized carbons (Fsp3) is 0.409. The van der Waals surface area contributed by atoms with Crippen LogP contribution in [0.15, 0.2) is 48.5 Å². The monoisotopic (exact) mass is 339 g/mol. The minimum Gasteiger partial charge on any atom is -0.481 e. The molecule has 0 fully saturated rings. The highest BCUT2D eigenvalue weighted by Gasteiger charge is 2.20. The third-order valence-corrected chi connectivity index (χ3v) is 4.52. The van der Waals surface area contributed by atoms with Gasteiger partial charge in [0.25, 0.3) is 5.91 Å². The fourth-order valence-corrected chi connectivity index (χ4v) is 2.71. The summed E-state index contributed by atoms with van der Waals surface area (Å²) >= 11 is 0. The van der Waals surface area contributed by atoms with Gasteiger partial charge in [-0.05, 0) is 68.9 Å². The lowest BCUT2D eigenvalue weighted by molar-refractivity contribution is -0.128. The van der Waals surface area contributed by atoms with E-state index in [1.54, 1.807) is 0 Å². The van der Waals surface area contributed by atoms with Crippen LogP contribution in [0.25, 0.3) is 0 Å². The predicted molar refractivity (Wildman–Crippen MR) is 103 cm³/mol. The van der Waals surface area contributed by atoms with Crippen molar-refractivity contribution in [1.29, 1.82) is 0 Å². The second-order valence-electron chi connectivity index (χ2n) is 6.69. The molecule has 25 heavy (non-hydrogen) atoms. The molecule has 2 rings (SSSR count). The first-order valence-corrected chi connectivity index (χ1v) is 9.07. The van der Waals surface area contributed by atoms with Crippen molar-refractivity contribution in [2.75, 3.05) is 0 Å². The summed E-state index contributed by atoms with van der Waals surface area (Å²) in [6.07, 6.45) is 2.05. The number of amides is 1. The summed E-state index contributed by atoms with van der Waals surface area (Å²) in [5, 5.41) is 3.08. The molecule has 0 aliphatic carbocycles. The van der Waals surface area contributed by atoms with Gasteiger partial charge in [0.2, 0.25) is 0 Å². The van der Waals surface area contributed by atoms with Crippen LogP contribution in [-0.4, -0.2) is 18.1 Å². The van der Waals surface area contributed by atoms with Crippen molar-refractivity contribution in [2.45, 2.75) is 59.1 Å². The number of ether oxygens (including phenoxy) is 1. The molecule has 134 valence electrons. The Balaban J connectivity index is 1.87. The molecule has 0 aliphatic heterocycles. The molecule has 0 spiro atoms. The van der Waals surface area contributed by atoms with Gasteiger partial charge in [0.15, 0.2) is 6.10 Å². The Hall–Kier alpha value is -2.29.